The number of nitrogens with zero attached hydrogens (tertiary/aromatic N) is 2. The Morgan fingerprint density at radius 2 is 1.97 bits per heavy atom. The second-order valence-electron chi connectivity index (χ2n) is 10.1. The summed E-state index contributed by atoms with van der Waals surface area (Å²) in [4.78, 5) is 19.5. The number of hydrogen-bond donors (Lipinski definition) is 0. The third kappa shape index (κ3) is 4.68. The minimum atomic E-state index is -0.0439. The normalized spacial score (nSPS) is 22.6. The Hall–Kier alpha value is -2.78. The average molecular weight is 519 g/mol. The van der Waals surface area contributed by atoms with Gasteiger partial charge in [-0.2, -0.15) is 0 Å². The number of benzene rings is 2. The van der Waals surface area contributed by atoms with Crippen LogP contribution >= 0.6 is 11.8 Å². The molecule has 2 atom stereocenters. The van der Waals surface area contributed by atoms with Gasteiger partial charge in [0.1, 0.15) is 18.1 Å². The molecule has 4 aliphatic heterocycles. The molecule has 3 saturated heterocycles. The first-order chi connectivity index (χ1) is 18.2. The average Bonchev–Trinajstić information content (AvgIpc) is 3.55. The molecule has 0 N–H and O–H groups in total. The van der Waals surface area contributed by atoms with Crippen LogP contribution in [-0.2, 0) is 15.9 Å². The molecule has 2 bridgehead atoms. The number of hydrogen-bond acceptors (Lipinski definition) is 8. The van der Waals surface area contributed by atoms with Gasteiger partial charge in [0.25, 0.3) is 0 Å². The van der Waals surface area contributed by atoms with Crippen LogP contribution in [0, 0.1) is 0 Å². The largest absolute Gasteiger partial charge is 0.492 e. The number of likely N-dealkylation sites (tertiary alicyclic amines) is 1. The van der Waals surface area contributed by atoms with Crippen molar-refractivity contribution in [2.45, 2.75) is 34.8 Å². The molecule has 7 nitrogen and oxygen atoms in total. The monoisotopic (exact) mass is 518 g/mol. The summed E-state index contributed by atoms with van der Waals surface area (Å²) in [6.07, 6.45) is 2.41. The fourth-order valence-corrected chi connectivity index (χ4v) is 6.98. The fraction of sp³-hybridized carbons (Fsp3) is 0.414. The molecule has 3 aromatic rings. The predicted octanol–water partition coefficient (Wildman–Crippen LogP) is 4.05. The van der Waals surface area contributed by atoms with Gasteiger partial charge in [0.15, 0.2) is 11.3 Å². The SMILES string of the molecule is O=c1cc(-c2cccc3c2Sc2ccc(OCCN4C[C@H]5C[C@@H]4CO5)cc2C3)oc(N2CCOCC2)c1. The van der Waals surface area contributed by atoms with Crippen molar-refractivity contribution in [3.63, 3.8) is 0 Å². The van der Waals surface area contributed by atoms with E-state index in [2.05, 4.69) is 40.1 Å². The lowest BCUT2D eigenvalue weighted by Crippen LogP contribution is -2.39. The third-order valence-corrected chi connectivity index (χ3v) is 9.03. The number of ether oxygens (including phenoxy) is 3. The van der Waals surface area contributed by atoms with Gasteiger partial charge in [0.05, 0.1) is 25.9 Å². The van der Waals surface area contributed by atoms with E-state index in [9.17, 15) is 4.79 Å². The quantitative estimate of drug-likeness (QED) is 0.379. The molecule has 7 rings (SSSR count). The molecule has 0 spiro atoms. The molecule has 0 saturated carbocycles. The Balaban J connectivity index is 1.09. The molecule has 5 heterocycles. The third-order valence-electron chi connectivity index (χ3n) is 7.72. The molecule has 37 heavy (non-hydrogen) atoms. The van der Waals surface area contributed by atoms with Crippen LogP contribution in [0.1, 0.15) is 17.5 Å². The topological polar surface area (TPSA) is 64.4 Å². The molecular formula is C29H30N2O5S. The van der Waals surface area contributed by atoms with Crippen molar-refractivity contribution < 1.29 is 18.6 Å². The van der Waals surface area contributed by atoms with Gasteiger partial charge in [-0.25, -0.2) is 0 Å². The van der Waals surface area contributed by atoms with Crippen LogP contribution in [0.25, 0.3) is 11.3 Å². The van der Waals surface area contributed by atoms with Gasteiger partial charge in [0, 0.05) is 59.7 Å². The maximum Gasteiger partial charge on any atom is 0.200 e. The summed E-state index contributed by atoms with van der Waals surface area (Å²) in [7, 11) is 0. The molecule has 0 radical (unpaired) electrons. The molecule has 2 aromatic carbocycles. The van der Waals surface area contributed by atoms with Crippen LogP contribution in [0.2, 0.25) is 0 Å². The summed E-state index contributed by atoms with van der Waals surface area (Å²) in [6.45, 7) is 6.25. The first kappa shape index (κ1) is 23.3. The number of anilines is 1. The summed E-state index contributed by atoms with van der Waals surface area (Å²) in [5.41, 5.74) is 3.42. The van der Waals surface area contributed by atoms with Gasteiger partial charge in [-0.1, -0.05) is 30.0 Å². The van der Waals surface area contributed by atoms with Gasteiger partial charge in [0.2, 0.25) is 0 Å². The molecule has 0 unspecified atom stereocenters. The Labute approximate surface area is 220 Å². The van der Waals surface area contributed by atoms with Crippen molar-refractivity contribution >= 4 is 17.6 Å². The van der Waals surface area contributed by atoms with Crippen LogP contribution < -0.4 is 15.1 Å². The Bertz CT molecular complexity index is 1370. The second-order valence-corrected chi connectivity index (χ2v) is 11.2. The van der Waals surface area contributed by atoms with E-state index in [1.807, 2.05) is 6.07 Å². The second kappa shape index (κ2) is 9.83. The highest BCUT2D eigenvalue weighted by Crippen LogP contribution is 2.45. The lowest BCUT2D eigenvalue weighted by atomic mass is 10.0. The van der Waals surface area contributed by atoms with Gasteiger partial charge >= 0.3 is 0 Å². The van der Waals surface area contributed by atoms with E-state index in [4.69, 9.17) is 18.6 Å². The Morgan fingerprint density at radius 3 is 2.81 bits per heavy atom. The lowest BCUT2D eigenvalue weighted by Gasteiger charge is -2.27. The highest BCUT2D eigenvalue weighted by molar-refractivity contribution is 7.99. The van der Waals surface area contributed by atoms with E-state index in [-0.39, 0.29) is 5.43 Å². The lowest BCUT2D eigenvalue weighted by molar-refractivity contribution is 0.0258. The minimum absolute atomic E-state index is 0.0439. The van der Waals surface area contributed by atoms with E-state index < -0.39 is 0 Å². The summed E-state index contributed by atoms with van der Waals surface area (Å²) in [6, 6.07) is 16.4. The number of fused-ring (bicyclic) bond motifs is 4. The van der Waals surface area contributed by atoms with Crippen molar-refractivity contribution in [3.05, 3.63) is 69.9 Å². The zero-order valence-corrected chi connectivity index (χ0v) is 21.5. The highest BCUT2D eigenvalue weighted by atomic mass is 32.2. The van der Waals surface area contributed by atoms with Crippen LogP contribution in [0.3, 0.4) is 0 Å². The maximum atomic E-state index is 12.6. The Morgan fingerprint density at radius 1 is 1.05 bits per heavy atom. The van der Waals surface area contributed by atoms with Gasteiger partial charge in [-0.15, -0.1) is 0 Å². The van der Waals surface area contributed by atoms with E-state index >= 15 is 0 Å². The fourth-order valence-electron chi connectivity index (χ4n) is 5.81. The van der Waals surface area contributed by atoms with Crippen LogP contribution in [-0.4, -0.2) is 69.7 Å². The van der Waals surface area contributed by atoms with E-state index in [0.717, 1.165) is 55.4 Å². The molecule has 0 amide bonds. The molecular weight excluding hydrogens is 488 g/mol. The van der Waals surface area contributed by atoms with Gasteiger partial charge in [-0.3, -0.25) is 9.69 Å². The first-order valence-corrected chi connectivity index (χ1v) is 13.9. The molecule has 4 aliphatic rings. The molecule has 8 heteroatoms. The molecule has 1 aromatic heterocycles. The van der Waals surface area contributed by atoms with Crippen LogP contribution in [0.4, 0.5) is 5.88 Å². The van der Waals surface area contributed by atoms with Gasteiger partial charge in [-0.05, 0) is 42.2 Å². The molecule has 3 fully saturated rings. The summed E-state index contributed by atoms with van der Waals surface area (Å²) in [5, 5.41) is 0. The van der Waals surface area contributed by atoms with Crippen LogP contribution in [0.15, 0.2) is 67.5 Å². The van der Waals surface area contributed by atoms with Crippen molar-refractivity contribution in [2.75, 3.05) is 57.5 Å². The van der Waals surface area contributed by atoms with E-state index in [1.54, 1.807) is 23.9 Å². The minimum Gasteiger partial charge on any atom is -0.492 e. The summed E-state index contributed by atoms with van der Waals surface area (Å²) in [5.74, 6) is 2.15. The zero-order valence-electron chi connectivity index (χ0n) is 20.7. The number of rotatable bonds is 6. The molecule has 192 valence electrons. The predicted molar refractivity (Wildman–Crippen MR) is 142 cm³/mol. The standard InChI is InChI=1S/C29H30N2O5S/c32-22-15-26(36-28(16-22)30-6-9-33-10-7-30)25-3-1-2-19-12-20-13-23(4-5-27(20)37-29(19)25)34-11-8-31-17-24-14-21(31)18-35-24/h1-5,13,15-16,21,24H,6-12,14,17-18H2/t21-,24-/m1/s1. The maximum absolute atomic E-state index is 12.6. The van der Waals surface area contributed by atoms with E-state index in [0.29, 0.717) is 43.6 Å². The van der Waals surface area contributed by atoms with Crippen LogP contribution in [0.5, 0.6) is 5.75 Å². The summed E-state index contributed by atoms with van der Waals surface area (Å²) < 4.78 is 23.6. The first-order valence-electron chi connectivity index (χ1n) is 13.1. The van der Waals surface area contributed by atoms with Gasteiger partial charge < -0.3 is 23.5 Å². The van der Waals surface area contributed by atoms with E-state index in [1.165, 1.54) is 22.4 Å². The Kier molecular flexibility index (Phi) is 6.20. The van der Waals surface area contributed by atoms with Crippen molar-refractivity contribution in [1.29, 1.82) is 0 Å². The molecule has 0 aliphatic carbocycles. The van der Waals surface area contributed by atoms with Crippen molar-refractivity contribution in [1.82, 2.24) is 4.90 Å². The van der Waals surface area contributed by atoms with Crippen molar-refractivity contribution in [2.24, 2.45) is 0 Å². The summed E-state index contributed by atoms with van der Waals surface area (Å²) >= 11 is 1.74. The smallest absolute Gasteiger partial charge is 0.200 e. The number of morpholine rings is 2. The van der Waals surface area contributed by atoms with Crippen molar-refractivity contribution in [3.8, 4) is 17.1 Å². The zero-order chi connectivity index (χ0) is 24.8. The highest BCUT2D eigenvalue weighted by Gasteiger charge is 2.38.